The molecule has 1 fully saturated rings. The van der Waals surface area contributed by atoms with Crippen molar-refractivity contribution in [2.24, 2.45) is 5.92 Å². The maximum absolute atomic E-state index is 12.7. The van der Waals surface area contributed by atoms with E-state index in [1.165, 1.54) is 5.56 Å². The van der Waals surface area contributed by atoms with Gasteiger partial charge in [0.05, 0.1) is 0 Å². The second-order valence-electron chi connectivity index (χ2n) is 8.89. The molecule has 1 aromatic heterocycles. The van der Waals surface area contributed by atoms with Gasteiger partial charge in [-0.1, -0.05) is 18.2 Å². The number of carbonyl (C=O) groups is 2. The number of nitrogens with one attached hydrogen (secondary N) is 1. The predicted molar refractivity (Wildman–Crippen MR) is 122 cm³/mol. The number of ether oxygens (including phenoxy) is 1. The molecule has 1 aliphatic carbocycles. The highest BCUT2D eigenvalue weighted by atomic mass is 16.6. The van der Waals surface area contributed by atoms with Crippen LogP contribution in [-0.4, -0.2) is 39.7 Å². The molecule has 2 N–H and O–H groups in total. The summed E-state index contributed by atoms with van der Waals surface area (Å²) >= 11 is 0. The van der Waals surface area contributed by atoms with Crippen molar-refractivity contribution < 1.29 is 23.8 Å². The first-order chi connectivity index (χ1) is 16.0. The molecule has 5 rings (SSSR count). The number of nitrogens with zero attached hydrogens (tertiary/aromatic N) is 2. The van der Waals surface area contributed by atoms with E-state index in [9.17, 15) is 9.59 Å². The van der Waals surface area contributed by atoms with Gasteiger partial charge in [-0.3, -0.25) is 4.79 Å². The van der Waals surface area contributed by atoms with Gasteiger partial charge in [-0.05, 0) is 73.4 Å². The van der Waals surface area contributed by atoms with Crippen LogP contribution in [0.5, 0.6) is 0 Å². The summed E-state index contributed by atoms with van der Waals surface area (Å²) in [6.07, 6.45) is 3.61. The van der Waals surface area contributed by atoms with Crippen LogP contribution in [-0.2, 0) is 22.5 Å². The zero-order valence-electron chi connectivity index (χ0n) is 18.3. The molecule has 1 amide bonds. The standard InChI is InChI=1S/C25H27N3O5/c29-23(30)13-16-5-9-20(10-6-16)32-25(31)28-12-11-17-14-19(8-7-18(17)15-28)26-24-27-21-3-1-2-4-22(21)33-24/h1-4,7-8,14,16,20H,5-6,9-13,15H2,(H,26,27)(H,29,30)/t16-,20-. The maximum atomic E-state index is 12.7. The Bertz CT molecular complexity index is 1130. The molecule has 0 unspecified atom stereocenters. The fraction of sp³-hybridized carbons (Fsp3) is 0.400. The van der Waals surface area contributed by atoms with E-state index in [1.807, 2.05) is 36.4 Å². The minimum absolute atomic E-state index is 0.119. The van der Waals surface area contributed by atoms with E-state index in [-0.39, 0.29) is 24.5 Å². The van der Waals surface area contributed by atoms with Gasteiger partial charge in [-0.15, -0.1) is 0 Å². The van der Waals surface area contributed by atoms with E-state index in [1.54, 1.807) is 4.90 Å². The Hall–Kier alpha value is -3.55. The molecule has 172 valence electrons. The van der Waals surface area contributed by atoms with Crippen LogP contribution in [0.15, 0.2) is 46.9 Å². The monoisotopic (exact) mass is 449 g/mol. The number of fused-ring (bicyclic) bond motifs is 2. The van der Waals surface area contributed by atoms with Crippen LogP contribution in [0.2, 0.25) is 0 Å². The van der Waals surface area contributed by atoms with E-state index < -0.39 is 5.97 Å². The molecule has 1 aliphatic heterocycles. The van der Waals surface area contributed by atoms with Gasteiger partial charge in [-0.2, -0.15) is 4.98 Å². The average Bonchev–Trinajstić information content (AvgIpc) is 3.22. The Balaban J connectivity index is 1.16. The Morgan fingerprint density at radius 3 is 2.73 bits per heavy atom. The highest BCUT2D eigenvalue weighted by Gasteiger charge is 2.28. The zero-order valence-corrected chi connectivity index (χ0v) is 18.3. The smallest absolute Gasteiger partial charge is 0.410 e. The SMILES string of the molecule is O=C(O)C[C@H]1CC[C@H](OC(=O)N2CCc3cc(Nc4nc5ccccc5o4)ccc3C2)CC1. The van der Waals surface area contributed by atoms with E-state index in [0.29, 0.717) is 19.1 Å². The van der Waals surface area contributed by atoms with Crippen molar-refractivity contribution in [1.82, 2.24) is 9.88 Å². The Morgan fingerprint density at radius 2 is 1.94 bits per heavy atom. The molecule has 0 spiro atoms. The average molecular weight is 450 g/mol. The molecule has 0 radical (unpaired) electrons. The summed E-state index contributed by atoms with van der Waals surface area (Å²) in [5.41, 5.74) is 4.74. The first-order valence-corrected chi connectivity index (χ1v) is 11.5. The van der Waals surface area contributed by atoms with Crippen molar-refractivity contribution in [2.45, 2.75) is 51.2 Å². The Labute approximate surface area is 191 Å². The molecule has 0 bridgehead atoms. The molecule has 2 aromatic carbocycles. The minimum atomic E-state index is -0.755. The molecule has 3 aromatic rings. The van der Waals surface area contributed by atoms with Crippen LogP contribution >= 0.6 is 0 Å². The fourth-order valence-electron chi connectivity index (χ4n) is 4.75. The van der Waals surface area contributed by atoms with E-state index in [4.69, 9.17) is 14.3 Å². The third-order valence-corrected chi connectivity index (χ3v) is 6.55. The van der Waals surface area contributed by atoms with Gasteiger partial charge in [0, 0.05) is 25.2 Å². The van der Waals surface area contributed by atoms with Crippen molar-refractivity contribution in [3.63, 3.8) is 0 Å². The van der Waals surface area contributed by atoms with Crippen molar-refractivity contribution in [2.75, 3.05) is 11.9 Å². The topological polar surface area (TPSA) is 105 Å². The maximum Gasteiger partial charge on any atom is 0.410 e. The number of hydrogen-bond donors (Lipinski definition) is 2. The van der Waals surface area contributed by atoms with Gasteiger partial charge in [0.1, 0.15) is 11.6 Å². The van der Waals surface area contributed by atoms with E-state index in [0.717, 1.165) is 54.5 Å². The zero-order chi connectivity index (χ0) is 22.8. The lowest BCUT2D eigenvalue weighted by Gasteiger charge is -2.32. The first-order valence-electron chi connectivity index (χ1n) is 11.5. The minimum Gasteiger partial charge on any atom is -0.481 e. The van der Waals surface area contributed by atoms with Crippen LogP contribution in [0.3, 0.4) is 0 Å². The van der Waals surface area contributed by atoms with Gasteiger partial charge < -0.3 is 24.5 Å². The molecular weight excluding hydrogens is 422 g/mol. The van der Waals surface area contributed by atoms with Crippen molar-refractivity contribution in [3.8, 4) is 0 Å². The van der Waals surface area contributed by atoms with Crippen LogP contribution in [0, 0.1) is 5.92 Å². The molecule has 8 nitrogen and oxygen atoms in total. The number of benzene rings is 2. The Kier molecular flexibility index (Phi) is 5.90. The molecular formula is C25H27N3O5. The number of para-hydroxylation sites is 2. The molecule has 1 saturated carbocycles. The van der Waals surface area contributed by atoms with Crippen molar-refractivity contribution >= 4 is 34.9 Å². The van der Waals surface area contributed by atoms with Gasteiger partial charge in [-0.25, -0.2) is 4.79 Å². The lowest BCUT2D eigenvalue weighted by atomic mass is 9.85. The first kappa shape index (κ1) is 21.3. The summed E-state index contributed by atoms with van der Waals surface area (Å²) in [5.74, 6) is -0.563. The quantitative estimate of drug-likeness (QED) is 0.558. The van der Waals surface area contributed by atoms with Crippen LogP contribution < -0.4 is 5.32 Å². The number of aliphatic carboxylic acids is 1. The summed E-state index contributed by atoms with van der Waals surface area (Å²) < 4.78 is 11.5. The molecule has 33 heavy (non-hydrogen) atoms. The van der Waals surface area contributed by atoms with Crippen LogP contribution in [0.25, 0.3) is 11.1 Å². The van der Waals surface area contributed by atoms with E-state index >= 15 is 0 Å². The highest BCUT2D eigenvalue weighted by molar-refractivity contribution is 5.75. The number of carbonyl (C=O) groups excluding carboxylic acids is 1. The van der Waals surface area contributed by atoms with Gasteiger partial charge >= 0.3 is 12.1 Å². The largest absolute Gasteiger partial charge is 0.481 e. The second-order valence-corrected chi connectivity index (χ2v) is 8.89. The summed E-state index contributed by atoms with van der Waals surface area (Å²) in [4.78, 5) is 29.8. The van der Waals surface area contributed by atoms with E-state index in [2.05, 4.69) is 16.4 Å². The third kappa shape index (κ3) is 4.94. The van der Waals surface area contributed by atoms with Crippen molar-refractivity contribution in [3.05, 3.63) is 53.6 Å². The second kappa shape index (κ2) is 9.13. The summed E-state index contributed by atoms with van der Waals surface area (Å²) in [7, 11) is 0. The number of aromatic nitrogens is 1. The normalized spacial score (nSPS) is 20.3. The fourth-order valence-corrected chi connectivity index (χ4v) is 4.75. The number of rotatable bonds is 5. The van der Waals surface area contributed by atoms with Crippen LogP contribution in [0.1, 0.15) is 43.2 Å². The number of hydrogen-bond acceptors (Lipinski definition) is 6. The number of carboxylic acid groups (broad SMARTS) is 1. The summed E-state index contributed by atoms with van der Waals surface area (Å²) in [6.45, 7) is 1.12. The summed E-state index contributed by atoms with van der Waals surface area (Å²) in [6, 6.07) is 14.2. The molecule has 2 aliphatic rings. The molecule has 0 atom stereocenters. The molecule has 2 heterocycles. The van der Waals surface area contributed by atoms with Gasteiger partial charge in [0.15, 0.2) is 5.58 Å². The number of carboxylic acids is 1. The van der Waals surface area contributed by atoms with Crippen molar-refractivity contribution in [1.29, 1.82) is 0 Å². The summed E-state index contributed by atoms with van der Waals surface area (Å²) in [5, 5.41) is 12.2. The Morgan fingerprint density at radius 1 is 1.12 bits per heavy atom. The highest BCUT2D eigenvalue weighted by Crippen LogP contribution is 2.30. The van der Waals surface area contributed by atoms with Gasteiger partial charge in [0.25, 0.3) is 6.01 Å². The van der Waals surface area contributed by atoms with Gasteiger partial charge in [0.2, 0.25) is 0 Å². The molecule has 8 heteroatoms. The number of anilines is 2. The number of amides is 1. The third-order valence-electron chi connectivity index (χ3n) is 6.55. The predicted octanol–water partition coefficient (Wildman–Crippen LogP) is 5.10. The lowest BCUT2D eigenvalue weighted by molar-refractivity contribution is -0.138. The molecule has 0 saturated heterocycles. The van der Waals surface area contributed by atoms with Crippen LogP contribution in [0.4, 0.5) is 16.5 Å². The lowest BCUT2D eigenvalue weighted by Crippen LogP contribution is -2.39. The number of oxazole rings is 1.